The fraction of sp³-hybridized carbons (Fsp3) is 0.217. The molecule has 1 aliphatic rings. The molecule has 1 aliphatic carbocycles. The van der Waals surface area contributed by atoms with Crippen LogP contribution in [0.4, 0.5) is 0 Å². The molecule has 1 saturated carbocycles. The SMILES string of the molecule is O=C(NC1(c2ccccc2)CCC1)c1ccc(CNC(=O)c2cccs2)cc1. The van der Waals surface area contributed by atoms with Gasteiger partial charge in [-0.25, -0.2) is 0 Å². The number of benzene rings is 2. The zero-order valence-corrected chi connectivity index (χ0v) is 16.3. The minimum atomic E-state index is -0.244. The lowest BCUT2D eigenvalue weighted by molar-refractivity contribution is 0.0822. The van der Waals surface area contributed by atoms with Gasteiger partial charge in [0.15, 0.2) is 0 Å². The molecule has 2 aromatic carbocycles. The van der Waals surface area contributed by atoms with Crippen LogP contribution >= 0.6 is 11.3 Å². The van der Waals surface area contributed by atoms with Crippen LogP contribution in [0.25, 0.3) is 0 Å². The van der Waals surface area contributed by atoms with Crippen molar-refractivity contribution in [3.8, 4) is 0 Å². The van der Waals surface area contributed by atoms with E-state index in [1.54, 1.807) is 6.07 Å². The van der Waals surface area contributed by atoms with Gasteiger partial charge in [0, 0.05) is 12.1 Å². The summed E-state index contributed by atoms with van der Waals surface area (Å²) in [5, 5.41) is 8.02. The molecule has 1 heterocycles. The largest absolute Gasteiger partial charge is 0.347 e. The minimum Gasteiger partial charge on any atom is -0.347 e. The molecule has 0 unspecified atom stereocenters. The van der Waals surface area contributed by atoms with Crippen LogP contribution in [-0.2, 0) is 12.1 Å². The van der Waals surface area contributed by atoms with Gasteiger partial charge in [-0.2, -0.15) is 0 Å². The van der Waals surface area contributed by atoms with E-state index in [1.165, 1.54) is 16.9 Å². The van der Waals surface area contributed by atoms with E-state index in [2.05, 4.69) is 22.8 Å². The summed E-state index contributed by atoms with van der Waals surface area (Å²) in [4.78, 5) is 25.5. The van der Waals surface area contributed by atoms with Crippen molar-refractivity contribution in [1.82, 2.24) is 10.6 Å². The molecule has 2 N–H and O–H groups in total. The number of carbonyl (C=O) groups is 2. The molecule has 142 valence electrons. The second kappa shape index (κ2) is 7.98. The number of nitrogens with one attached hydrogen (secondary N) is 2. The standard InChI is InChI=1S/C23H22N2O2S/c26-21(25-23(13-5-14-23)19-6-2-1-3-7-19)18-11-9-17(10-12-18)16-24-22(27)20-8-4-15-28-20/h1-4,6-12,15H,5,13-14,16H2,(H,24,27)(H,25,26). The topological polar surface area (TPSA) is 58.2 Å². The number of thiophene rings is 1. The second-order valence-corrected chi connectivity index (χ2v) is 8.06. The van der Waals surface area contributed by atoms with Crippen molar-refractivity contribution in [2.24, 2.45) is 0 Å². The van der Waals surface area contributed by atoms with E-state index in [9.17, 15) is 9.59 Å². The van der Waals surface area contributed by atoms with E-state index in [0.29, 0.717) is 17.0 Å². The molecule has 5 heteroatoms. The van der Waals surface area contributed by atoms with Gasteiger partial charge in [0.05, 0.1) is 10.4 Å². The van der Waals surface area contributed by atoms with E-state index >= 15 is 0 Å². The molecule has 0 atom stereocenters. The normalized spacial score (nSPS) is 14.7. The van der Waals surface area contributed by atoms with E-state index < -0.39 is 0 Å². The van der Waals surface area contributed by atoms with Gasteiger partial charge >= 0.3 is 0 Å². The van der Waals surface area contributed by atoms with Crippen LogP contribution in [0.5, 0.6) is 0 Å². The number of hydrogen-bond donors (Lipinski definition) is 2. The molecule has 0 saturated heterocycles. The quantitative estimate of drug-likeness (QED) is 0.652. The third-order valence-electron chi connectivity index (χ3n) is 5.30. The van der Waals surface area contributed by atoms with Crippen molar-refractivity contribution in [1.29, 1.82) is 0 Å². The van der Waals surface area contributed by atoms with Gasteiger partial charge in [-0.3, -0.25) is 9.59 Å². The fourth-order valence-corrected chi connectivity index (χ4v) is 4.15. The number of hydrogen-bond acceptors (Lipinski definition) is 3. The van der Waals surface area contributed by atoms with Gasteiger partial charge in [0.1, 0.15) is 0 Å². The molecule has 1 fully saturated rings. The van der Waals surface area contributed by atoms with Gasteiger partial charge in [0.2, 0.25) is 0 Å². The summed E-state index contributed by atoms with van der Waals surface area (Å²) in [5.41, 5.74) is 2.52. The molecule has 0 aliphatic heterocycles. The highest BCUT2D eigenvalue weighted by Gasteiger charge is 2.39. The Bertz CT molecular complexity index is 946. The number of carbonyl (C=O) groups excluding carboxylic acids is 2. The summed E-state index contributed by atoms with van der Waals surface area (Å²) >= 11 is 1.42. The molecule has 0 radical (unpaired) electrons. The fourth-order valence-electron chi connectivity index (χ4n) is 3.51. The highest BCUT2D eigenvalue weighted by atomic mass is 32.1. The van der Waals surface area contributed by atoms with Crippen molar-refractivity contribution < 1.29 is 9.59 Å². The monoisotopic (exact) mass is 390 g/mol. The molecular weight excluding hydrogens is 368 g/mol. The summed E-state index contributed by atoms with van der Waals surface area (Å²) in [5.74, 6) is -0.135. The Labute approximate surface area is 168 Å². The number of amides is 2. The van der Waals surface area contributed by atoms with Crippen molar-refractivity contribution in [3.05, 3.63) is 93.7 Å². The van der Waals surface area contributed by atoms with E-state index in [1.807, 2.05) is 53.9 Å². The number of rotatable bonds is 6. The Balaban J connectivity index is 1.38. The summed E-state index contributed by atoms with van der Waals surface area (Å²) in [6.07, 6.45) is 3.06. The lowest BCUT2D eigenvalue weighted by atomic mass is 9.71. The predicted octanol–water partition coefficient (Wildman–Crippen LogP) is 4.49. The summed E-state index contributed by atoms with van der Waals surface area (Å²) in [6.45, 7) is 0.437. The molecule has 4 rings (SSSR count). The summed E-state index contributed by atoms with van der Waals surface area (Å²) in [7, 11) is 0. The van der Waals surface area contributed by atoms with Crippen molar-refractivity contribution in [3.63, 3.8) is 0 Å². The summed E-state index contributed by atoms with van der Waals surface area (Å²) in [6, 6.07) is 21.3. The van der Waals surface area contributed by atoms with Gasteiger partial charge in [-0.1, -0.05) is 48.5 Å². The van der Waals surface area contributed by atoms with Crippen LogP contribution in [0.1, 0.15) is 50.4 Å². The van der Waals surface area contributed by atoms with Crippen LogP contribution < -0.4 is 10.6 Å². The third-order valence-corrected chi connectivity index (χ3v) is 6.17. The molecule has 4 nitrogen and oxygen atoms in total. The predicted molar refractivity (Wildman–Crippen MR) is 111 cm³/mol. The lowest BCUT2D eigenvalue weighted by Crippen LogP contribution is -2.50. The maximum atomic E-state index is 12.8. The molecule has 0 spiro atoms. The Hall–Kier alpha value is -2.92. The smallest absolute Gasteiger partial charge is 0.261 e. The van der Waals surface area contributed by atoms with Crippen LogP contribution in [0, 0.1) is 0 Å². The maximum Gasteiger partial charge on any atom is 0.261 e. The first-order valence-corrected chi connectivity index (χ1v) is 10.3. The van der Waals surface area contributed by atoms with Gasteiger partial charge < -0.3 is 10.6 Å². The Morgan fingerprint density at radius 3 is 2.25 bits per heavy atom. The average Bonchev–Trinajstić information content (AvgIpc) is 3.25. The van der Waals surface area contributed by atoms with E-state index in [0.717, 1.165) is 24.8 Å². The Morgan fingerprint density at radius 2 is 1.64 bits per heavy atom. The van der Waals surface area contributed by atoms with Crippen LogP contribution in [0.3, 0.4) is 0 Å². The highest BCUT2D eigenvalue weighted by Crippen LogP contribution is 2.41. The second-order valence-electron chi connectivity index (χ2n) is 7.11. The molecule has 28 heavy (non-hydrogen) atoms. The summed E-state index contributed by atoms with van der Waals surface area (Å²) < 4.78 is 0. The first-order chi connectivity index (χ1) is 13.7. The van der Waals surface area contributed by atoms with Crippen molar-refractivity contribution in [2.75, 3.05) is 0 Å². The van der Waals surface area contributed by atoms with Crippen molar-refractivity contribution >= 4 is 23.2 Å². The average molecular weight is 391 g/mol. The van der Waals surface area contributed by atoms with E-state index in [-0.39, 0.29) is 17.4 Å². The maximum absolute atomic E-state index is 12.8. The van der Waals surface area contributed by atoms with E-state index in [4.69, 9.17) is 0 Å². The molecular formula is C23H22N2O2S. The van der Waals surface area contributed by atoms with Crippen LogP contribution in [-0.4, -0.2) is 11.8 Å². The minimum absolute atomic E-state index is 0.0577. The molecule has 1 aromatic heterocycles. The van der Waals surface area contributed by atoms with Crippen molar-refractivity contribution in [2.45, 2.75) is 31.3 Å². The Kier molecular flexibility index (Phi) is 5.26. The zero-order valence-electron chi connectivity index (χ0n) is 15.5. The zero-order chi connectivity index (χ0) is 19.4. The first-order valence-electron chi connectivity index (χ1n) is 9.45. The third kappa shape index (κ3) is 3.85. The molecule has 3 aromatic rings. The molecule has 2 amide bonds. The first kappa shape index (κ1) is 18.4. The van der Waals surface area contributed by atoms with Gasteiger partial charge in [-0.05, 0) is 54.0 Å². The lowest BCUT2D eigenvalue weighted by Gasteiger charge is -2.43. The van der Waals surface area contributed by atoms with Crippen LogP contribution in [0.15, 0.2) is 72.1 Å². The highest BCUT2D eigenvalue weighted by molar-refractivity contribution is 7.12. The molecule has 0 bridgehead atoms. The Morgan fingerprint density at radius 1 is 0.893 bits per heavy atom. The van der Waals surface area contributed by atoms with Crippen LogP contribution in [0.2, 0.25) is 0 Å². The van der Waals surface area contributed by atoms with Gasteiger partial charge in [0.25, 0.3) is 11.8 Å². The van der Waals surface area contributed by atoms with Gasteiger partial charge in [-0.15, -0.1) is 11.3 Å².